The Balaban J connectivity index is 1.65. The van der Waals surface area contributed by atoms with Crippen molar-refractivity contribution in [1.29, 1.82) is 0 Å². The predicted octanol–water partition coefficient (Wildman–Crippen LogP) is 1.67. The van der Waals surface area contributed by atoms with Crippen LogP contribution in [-0.4, -0.2) is 62.1 Å². The van der Waals surface area contributed by atoms with Gasteiger partial charge in [-0.15, -0.1) is 5.10 Å². The van der Waals surface area contributed by atoms with Gasteiger partial charge in [0.05, 0.1) is 19.3 Å². The van der Waals surface area contributed by atoms with Crippen LogP contribution in [0.2, 0.25) is 0 Å². The first kappa shape index (κ1) is 20.2. The van der Waals surface area contributed by atoms with Crippen LogP contribution in [0.3, 0.4) is 0 Å². The topological polar surface area (TPSA) is 93.4 Å². The summed E-state index contributed by atoms with van der Waals surface area (Å²) < 4.78 is 7.38. The number of carbonyl (C=O) groups excluding carboxylic acids is 1. The maximum absolute atomic E-state index is 11.2. The molecule has 1 N–H and O–H groups in total. The van der Waals surface area contributed by atoms with Crippen LogP contribution in [-0.2, 0) is 11.8 Å². The van der Waals surface area contributed by atoms with Gasteiger partial charge in [-0.3, -0.25) is 4.79 Å². The van der Waals surface area contributed by atoms with E-state index in [0.717, 1.165) is 35.1 Å². The number of aliphatic hydroxyl groups excluding tert-OH is 1. The lowest BCUT2D eigenvalue weighted by atomic mass is 10.1. The van der Waals surface area contributed by atoms with Gasteiger partial charge in [0.25, 0.3) is 0 Å². The number of hydrogen-bond acceptors (Lipinski definition) is 7. The summed E-state index contributed by atoms with van der Waals surface area (Å²) in [7, 11) is 3.49. The Morgan fingerprint density at radius 2 is 2.08 bits per heavy atom. The molecule has 9 heteroatoms. The average molecular weight is 379 g/mol. The lowest BCUT2D eigenvalue weighted by molar-refractivity contribution is -0.128. The Kier molecular flexibility index (Phi) is 7.86. The molecule has 142 valence electrons. The summed E-state index contributed by atoms with van der Waals surface area (Å²) in [5.41, 5.74) is 0.763. The Labute approximate surface area is 157 Å². The van der Waals surface area contributed by atoms with E-state index < -0.39 is 6.10 Å². The molecular formula is C17H25N5O3S. The van der Waals surface area contributed by atoms with Crippen molar-refractivity contribution in [3.63, 3.8) is 0 Å². The molecule has 1 aromatic carbocycles. The summed E-state index contributed by atoms with van der Waals surface area (Å²) in [6, 6.07) is 7.33. The third-order valence-electron chi connectivity index (χ3n) is 3.87. The van der Waals surface area contributed by atoms with Crippen molar-refractivity contribution < 1.29 is 14.6 Å². The summed E-state index contributed by atoms with van der Waals surface area (Å²) in [5.74, 6) is 1.63. The number of hydrogen-bond donors (Lipinski definition) is 1. The number of ether oxygens (including phenoxy) is 1. The molecule has 0 aliphatic rings. The highest BCUT2D eigenvalue weighted by atomic mass is 32.2. The monoisotopic (exact) mass is 379 g/mol. The number of benzene rings is 1. The first-order valence-electron chi connectivity index (χ1n) is 8.45. The number of aliphatic hydroxyl groups is 1. The number of rotatable bonds is 10. The molecular weight excluding hydrogens is 354 g/mol. The Morgan fingerprint density at radius 3 is 2.69 bits per heavy atom. The van der Waals surface area contributed by atoms with Crippen LogP contribution in [0, 0.1) is 0 Å². The Hall–Kier alpha value is -2.13. The molecule has 0 aliphatic heterocycles. The number of carbonyl (C=O) groups is 1. The Morgan fingerprint density at radius 1 is 1.35 bits per heavy atom. The quantitative estimate of drug-likeness (QED) is 0.496. The number of likely N-dealkylation sites (N-methyl/N-ethyl adjacent to an activating group) is 1. The fraction of sp³-hybridized carbons (Fsp3) is 0.529. The van der Waals surface area contributed by atoms with Crippen LogP contribution in [0.1, 0.15) is 31.4 Å². The van der Waals surface area contributed by atoms with Gasteiger partial charge < -0.3 is 14.7 Å². The fourth-order valence-electron chi connectivity index (χ4n) is 2.18. The van der Waals surface area contributed by atoms with Gasteiger partial charge in [-0.05, 0) is 41.0 Å². The van der Waals surface area contributed by atoms with Gasteiger partial charge in [0.1, 0.15) is 5.75 Å². The van der Waals surface area contributed by atoms with E-state index >= 15 is 0 Å². The van der Waals surface area contributed by atoms with E-state index in [1.54, 1.807) is 23.5 Å². The zero-order valence-corrected chi connectivity index (χ0v) is 16.1. The summed E-state index contributed by atoms with van der Waals surface area (Å²) in [6.45, 7) is 2.38. The van der Waals surface area contributed by atoms with Gasteiger partial charge in [-0.2, -0.15) is 0 Å². The van der Waals surface area contributed by atoms with E-state index in [4.69, 9.17) is 4.74 Å². The van der Waals surface area contributed by atoms with E-state index in [0.29, 0.717) is 6.61 Å². The van der Waals surface area contributed by atoms with Crippen LogP contribution in [0.15, 0.2) is 29.4 Å². The van der Waals surface area contributed by atoms with Crippen LogP contribution >= 0.6 is 11.8 Å². The molecule has 0 aliphatic carbocycles. The zero-order valence-electron chi connectivity index (χ0n) is 15.3. The zero-order chi connectivity index (χ0) is 18.9. The molecule has 0 saturated heterocycles. The Bertz CT molecular complexity index is 692. The third-order valence-corrected chi connectivity index (χ3v) is 4.97. The molecule has 26 heavy (non-hydrogen) atoms. The van der Waals surface area contributed by atoms with Crippen LogP contribution < -0.4 is 4.74 Å². The number of unbranched alkanes of at least 4 members (excludes halogenated alkanes) is 1. The summed E-state index contributed by atoms with van der Waals surface area (Å²) in [6.07, 6.45) is 1.24. The minimum Gasteiger partial charge on any atom is -0.494 e. The molecule has 0 radical (unpaired) electrons. The van der Waals surface area contributed by atoms with Gasteiger partial charge in [0.15, 0.2) is 0 Å². The second kappa shape index (κ2) is 10.1. The fourth-order valence-corrected chi connectivity index (χ4v) is 3.03. The molecule has 1 aromatic heterocycles. The molecule has 1 atom stereocenters. The number of aryl methyl sites for hydroxylation is 1. The van der Waals surface area contributed by atoms with E-state index in [9.17, 15) is 9.90 Å². The smallest absolute Gasteiger partial charge is 0.219 e. The van der Waals surface area contributed by atoms with Crippen LogP contribution in [0.25, 0.3) is 0 Å². The minimum atomic E-state index is -0.704. The normalized spacial score (nSPS) is 12.0. The third kappa shape index (κ3) is 6.30. The maximum atomic E-state index is 11.2. The SMILES string of the molecule is CC(=O)N(C)C[C@H](O)c1ccc(OCCCCSc2nnnn2C)cc1. The number of thioether (sulfide) groups is 1. The average Bonchev–Trinajstić information content (AvgIpc) is 3.03. The molecule has 0 spiro atoms. The molecule has 1 heterocycles. The first-order chi connectivity index (χ1) is 12.5. The minimum absolute atomic E-state index is 0.0717. The van der Waals surface area contributed by atoms with E-state index in [1.165, 1.54) is 11.8 Å². The van der Waals surface area contributed by atoms with Crippen LogP contribution in [0.4, 0.5) is 0 Å². The molecule has 0 saturated carbocycles. The molecule has 1 amide bonds. The lowest BCUT2D eigenvalue weighted by Crippen LogP contribution is -2.28. The molecule has 0 unspecified atom stereocenters. The van der Waals surface area contributed by atoms with Gasteiger partial charge >= 0.3 is 0 Å². The highest BCUT2D eigenvalue weighted by molar-refractivity contribution is 7.99. The lowest BCUT2D eigenvalue weighted by Gasteiger charge is -2.19. The number of amides is 1. The highest BCUT2D eigenvalue weighted by Crippen LogP contribution is 2.19. The summed E-state index contributed by atoms with van der Waals surface area (Å²) in [4.78, 5) is 12.7. The maximum Gasteiger partial charge on any atom is 0.219 e. The van der Waals surface area contributed by atoms with Crippen molar-refractivity contribution in [2.45, 2.75) is 31.0 Å². The number of tetrazole rings is 1. The summed E-state index contributed by atoms with van der Waals surface area (Å²) >= 11 is 1.63. The van der Waals surface area contributed by atoms with Crippen molar-refractivity contribution in [2.24, 2.45) is 7.05 Å². The van der Waals surface area contributed by atoms with E-state index in [1.807, 2.05) is 31.3 Å². The highest BCUT2D eigenvalue weighted by Gasteiger charge is 2.12. The van der Waals surface area contributed by atoms with Crippen molar-refractivity contribution in [2.75, 3.05) is 26.0 Å². The number of aromatic nitrogens is 4. The van der Waals surface area contributed by atoms with Gasteiger partial charge in [0, 0.05) is 26.8 Å². The molecule has 2 rings (SSSR count). The van der Waals surface area contributed by atoms with E-state index in [-0.39, 0.29) is 12.5 Å². The molecule has 8 nitrogen and oxygen atoms in total. The van der Waals surface area contributed by atoms with Gasteiger partial charge in [-0.1, -0.05) is 23.9 Å². The van der Waals surface area contributed by atoms with Crippen molar-refractivity contribution >= 4 is 17.7 Å². The van der Waals surface area contributed by atoms with Gasteiger partial charge in [0.2, 0.25) is 11.1 Å². The summed E-state index contributed by atoms with van der Waals surface area (Å²) in [5, 5.41) is 22.3. The largest absolute Gasteiger partial charge is 0.494 e. The second-order valence-electron chi connectivity index (χ2n) is 5.97. The molecule has 0 bridgehead atoms. The van der Waals surface area contributed by atoms with Crippen molar-refractivity contribution in [1.82, 2.24) is 25.1 Å². The van der Waals surface area contributed by atoms with Crippen LogP contribution in [0.5, 0.6) is 5.75 Å². The standard InChI is InChI=1S/C17H25N5O3S/c1-13(23)21(2)12-16(24)14-6-8-15(9-7-14)25-10-4-5-11-26-17-18-19-20-22(17)3/h6-9,16,24H,4-5,10-12H2,1-3H3/t16-/m0/s1. The number of nitrogens with zero attached hydrogens (tertiary/aromatic N) is 5. The van der Waals surface area contributed by atoms with Crippen molar-refractivity contribution in [3.05, 3.63) is 29.8 Å². The van der Waals surface area contributed by atoms with Gasteiger partial charge in [-0.25, -0.2) is 4.68 Å². The molecule has 0 fully saturated rings. The molecule has 2 aromatic rings. The second-order valence-corrected chi connectivity index (χ2v) is 7.04. The first-order valence-corrected chi connectivity index (χ1v) is 9.43. The van der Waals surface area contributed by atoms with E-state index in [2.05, 4.69) is 15.5 Å². The van der Waals surface area contributed by atoms with Crippen molar-refractivity contribution in [3.8, 4) is 5.75 Å². The predicted molar refractivity (Wildman–Crippen MR) is 99.0 cm³/mol.